The second-order valence-corrected chi connectivity index (χ2v) is 9.87. The lowest BCUT2D eigenvalue weighted by atomic mass is 10.0. The normalized spacial score (nSPS) is 10.5. The molecule has 40 heavy (non-hydrogen) atoms. The quantitative estimate of drug-likeness (QED) is 0.0980. The lowest BCUT2D eigenvalue weighted by Gasteiger charge is -2.26. The zero-order chi connectivity index (χ0) is 28.6. The van der Waals surface area contributed by atoms with Crippen molar-refractivity contribution in [3.05, 3.63) is 115 Å². The van der Waals surface area contributed by atoms with Crippen LogP contribution in [0.25, 0.3) is 0 Å². The van der Waals surface area contributed by atoms with Crippen molar-refractivity contribution in [2.75, 3.05) is 18.1 Å². The monoisotopic (exact) mass is 539 g/mol. The number of nitrogens with zero attached hydrogens (tertiary/aromatic N) is 1. The van der Waals surface area contributed by atoms with Gasteiger partial charge in [-0.2, -0.15) is 0 Å². The summed E-state index contributed by atoms with van der Waals surface area (Å²) in [6.07, 6.45) is 10.2. The summed E-state index contributed by atoms with van der Waals surface area (Å²) in [4.78, 5) is 24.5. The molecule has 3 aromatic carbocycles. The molecule has 5 heteroatoms. The molecule has 3 aromatic rings. The van der Waals surface area contributed by atoms with E-state index in [1.807, 2.05) is 0 Å². The van der Waals surface area contributed by atoms with E-state index in [4.69, 9.17) is 9.47 Å². The van der Waals surface area contributed by atoms with E-state index in [9.17, 15) is 9.59 Å². The number of aryl methyl sites for hydroxylation is 3. The summed E-state index contributed by atoms with van der Waals surface area (Å²) in [5.41, 5.74) is 7.18. The van der Waals surface area contributed by atoms with Crippen LogP contribution in [0.4, 0.5) is 17.1 Å². The van der Waals surface area contributed by atoms with Crippen LogP contribution in [0.15, 0.2) is 98.1 Å². The van der Waals surface area contributed by atoms with Gasteiger partial charge >= 0.3 is 11.9 Å². The van der Waals surface area contributed by atoms with Crippen molar-refractivity contribution < 1.29 is 19.1 Å². The van der Waals surface area contributed by atoms with Crippen LogP contribution < -0.4 is 4.90 Å². The zero-order valence-electron chi connectivity index (χ0n) is 23.6. The summed E-state index contributed by atoms with van der Waals surface area (Å²) >= 11 is 0. The lowest BCUT2D eigenvalue weighted by molar-refractivity contribution is -0.138. The number of carbonyl (C=O) groups is 2. The van der Waals surface area contributed by atoms with Crippen LogP contribution in [0.1, 0.15) is 55.2 Å². The maximum Gasteiger partial charge on any atom is 0.330 e. The molecule has 0 N–H and O–H groups in total. The Kier molecular flexibility index (Phi) is 12.7. The first-order chi connectivity index (χ1) is 19.5. The number of hydrogen-bond acceptors (Lipinski definition) is 5. The second-order valence-electron chi connectivity index (χ2n) is 9.87. The van der Waals surface area contributed by atoms with Crippen molar-refractivity contribution in [2.24, 2.45) is 0 Å². The molecule has 5 nitrogen and oxygen atoms in total. The van der Waals surface area contributed by atoms with E-state index in [0.717, 1.165) is 68.4 Å². The molecular weight excluding hydrogens is 498 g/mol. The molecule has 0 spiro atoms. The highest BCUT2D eigenvalue weighted by atomic mass is 16.5. The average Bonchev–Trinajstić information content (AvgIpc) is 2.98. The maximum absolute atomic E-state index is 11.1. The summed E-state index contributed by atoms with van der Waals surface area (Å²) in [5, 5.41) is 0. The first-order valence-corrected chi connectivity index (χ1v) is 14.1. The zero-order valence-corrected chi connectivity index (χ0v) is 23.6. The minimum Gasteiger partial charge on any atom is -0.463 e. The Labute approximate surface area is 239 Å². The fourth-order valence-corrected chi connectivity index (χ4v) is 4.44. The van der Waals surface area contributed by atoms with Gasteiger partial charge in [0.25, 0.3) is 0 Å². The van der Waals surface area contributed by atoms with Gasteiger partial charge in [-0.05, 0) is 106 Å². The molecule has 0 aliphatic heterocycles. The number of carbonyl (C=O) groups excluding carboxylic acids is 2. The minimum absolute atomic E-state index is 0.357. The molecule has 210 valence electrons. The van der Waals surface area contributed by atoms with E-state index in [0.29, 0.717) is 13.2 Å². The van der Waals surface area contributed by atoms with E-state index in [1.54, 1.807) is 0 Å². The molecule has 0 aliphatic rings. The number of rotatable bonds is 17. The fraction of sp³-hybridized carbons (Fsp3) is 0.314. The van der Waals surface area contributed by atoms with Crippen molar-refractivity contribution in [3.63, 3.8) is 0 Å². The Hall–Kier alpha value is -4.12. The second kappa shape index (κ2) is 16.8. The molecule has 0 amide bonds. The highest BCUT2D eigenvalue weighted by Crippen LogP contribution is 2.35. The number of hydrogen-bond donors (Lipinski definition) is 0. The minimum atomic E-state index is -0.357. The number of anilines is 3. The number of unbranched alkanes of at least 4 members (excludes halogenated alkanes) is 4. The lowest BCUT2D eigenvalue weighted by Crippen LogP contribution is -2.10. The van der Waals surface area contributed by atoms with Crippen molar-refractivity contribution in [1.29, 1.82) is 0 Å². The number of benzene rings is 3. The molecule has 0 saturated carbocycles. The molecule has 0 bridgehead atoms. The Balaban J connectivity index is 1.59. The first kappa shape index (κ1) is 30.4. The van der Waals surface area contributed by atoms with Gasteiger partial charge in [0, 0.05) is 29.2 Å². The van der Waals surface area contributed by atoms with Crippen molar-refractivity contribution in [2.45, 2.75) is 58.3 Å². The smallest absolute Gasteiger partial charge is 0.330 e. The van der Waals surface area contributed by atoms with E-state index in [-0.39, 0.29) is 11.9 Å². The molecule has 0 fully saturated rings. The molecule has 0 radical (unpaired) electrons. The van der Waals surface area contributed by atoms with Gasteiger partial charge < -0.3 is 14.4 Å². The van der Waals surface area contributed by atoms with Gasteiger partial charge in [0.05, 0.1) is 13.2 Å². The maximum atomic E-state index is 11.1. The number of esters is 2. The average molecular weight is 540 g/mol. The van der Waals surface area contributed by atoms with Crippen LogP contribution in [-0.4, -0.2) is 25.2 Å². The topological polar surface area (TPSA) is 55.8 Å². The molecule has 0 atom stereocenters. The van der Waals surface area contributed by atoms with Crippen molar-refractivity contribution >= 4 is 29.0 Å². The van der Waals surface area contributed by atoms with Gasteiger partial charge in [-0.25, -0.2) is 9.59 Å². The van der Waals surface area contributed by atoms with Crippen molar-refractivity contribution in [1.82, 2.24) is 0 Å². The molecule has 0 aromatic heterocycles. The molecule has 3 rings (SSSR count). The third kappa shape index (κ3) is 10.2. The standard InChI is InChI=1S/C35H41NO4/c1-4-34(37)39-26-10-6-8-12-29-16-22-32(23-17-29)36(31-20-14-28(3)15-21-31)33-24-18-30(19-25-33)13-9-7-11-27-40-35(38)5-2/h4-5,14-25H,1-2,6-13,26-27H2,3H3. The predicted octanol–water partition coefficient (Wildman–Crippen LogP) is 8.35. The van der Waals surface area contributed by atoms with Gasteiger partial charge in [0.1, 0.15) is 0 Å². The first-order valence-electron chi connectivity index (χ1n) is 14.1. The van der Waals surface area contributed by atoms with E-state index < -0.39 is 0 Å². The van der Waals surface area contributed by atoms with Gasteiger partial charge in [-0.1, -0.05) is 55.1 Å². The summed E-state index contributed by atoms with van der Waals surface area (Å²) in [6.45, 7) is 9.82. The van der Waals surface area contributed by atoms with Crippen LogP contribution in [0.5, 0.6) is 0 Å². The summed E-state index contributed by atoms with van der Waals surface area (Å²) in [6, 6.07) is 26.2. The Bertz CT molecular complexity index is 1140. The molecule has 0 heterocycles. The third-order valence-electron chi connectivity index (χ3n) is 6.72. The van der Waals surface area contributed by atoms with E-state index >= 15 is 0 Å². The van der Waals surface area contributed by atoms with E-state index in [1.165, 1.54) is 28.8 Å². The molecule has 0 saturated heterocycles. The van der Waals surface area contributed by atoms with Crippen LogP contribution in [0, 0.1) is 6.92 Å². The van der Waals surface area contributed by atoms with Crippen molar-refractivity contribution in [3.8, 4) is 0 Å². The van der Waals surface area contributed by atoms with Crippen LogP contribution in [-0.2, 0) is 31.9 Å². The van der Waals surface area contributed by atoms with Crippen LogP contribution in [0.3, 0.4) is 0 Å². The van der Waals surface area contributed by atoms with Gasteiger partial charge in [0.2, 0.25) is 0 Å². The number of ether oxygens (including phenoxy) is 2. The molecular formula is C35H41NO4. The van der Waals surface area contributed by atoms with E-state index in [2.05, 4.69) is 97.8 Å². The molecule has 0 aliphatic carbocycles. The SMILES string of the molecule is C=CC(=O)OCCCCCc1ccc(N(c2ccc(C)cc2)c2ccc(CCCCCOC(=O)C=C)cc2)cc1. The van der Waals surface area contributed by atoms with Gasteiger partial charge in [0.15, 0.2) is 0 Å². The van der Waals surface area contributed by atoms with Crippen LogP contribution in [0.2, 0.25) is 0 Å². The summed E-state index contributed by atoms with van der Waals surface area (Å²) < 4.78 is 10.1. The van der Waals surface area contributed by atoms with Gasteiger partial charge in [-0.15, -0.1) is 0 Å². The Morgan fingerprint density at radius 3 is 1.35 bits per heavy atom. The largest absolute Gasteiger partial charge is 0.463 e. The summed E-state index contributed by atoms with van der Waals surface area (Å²) in [5.74, 6) is -0.715. The Morgan fingerprint density at radius 1 is 0.600 bits per heavy atom. The molecule has 0 unspecified atom stereocenters. The fourth-order valence-electron chi connectivity index (χ4n) is 4.44. The third-order valence-corrected chi connectivity index (χ3v) is 6.72. The van der Waals surface area contributed by atoms with Gasteiger partial charge in [-0.3, -0.25) is 0 Å². The van der Waals surface area contributed by atoms with Crippen LogP contribution >= 0.6 is 0 Å². The summed E-state index contributed by atoms with van der Waals surface area (Å²) in [7, 11) is 0. The Morgan fingerprint density at radius 2 is 0.975 bits per heavy atom. The highest BCUT2D eigenvalue weighted by Gasteiger charge is 2.12. The predicted molar refractivity (Wildman–Crippen MR) is 163 cm³/mol. The highest BCUT2D eigenvalue weighted by molar-refractivity contribution is 5.81.